The molecule has 0 aliphatic rings. The second kappa shape index (κ2) is 5.48. The summed E-state index contributed by atoms with van der Waals surface area (Å²) in [5.74, 6) is 1.58. The summed E-state index contributed by atoms with van der Waals surface area (Å²) in [7, 11) is 1.63. The topological polar surface area (TPSA) is 47.0 Å². The van der Waals surface area contributed by atoms with Crippen LogP contribution in [0.1, 0.15) is 19.2 Å². The van der Waals surface area contributed by atoms with Crippen molar-refractivity contribution in [1.29, 1.82) is 0 Å². The van der Waals surface area contributed by atoms with E-state index in [1.165, 1.54) is 0 Å². The maximum atomic E-state index is 4.93. The molecule has 0 unspecified atom stereocenters. The molecule has 0 spiro atoms. The highest BCUT2D eigenvalue weighted by Crippen LogP contribution is 2.02. The van der Waals surface area contributed by atoms with Gasteiger partial charge in [-0.05, 0) is 12.5 Å². The largest absolute Gasteiger partial charge is 0.377 e. The normalized spacial score (nSPS) is 10.0. The van der Waals surface area contributed by atoms with Gasteiger partial charge in [0.15, 0.2) is 5.82 Å². The van der Waals surface area contributed by atoms with E-state index in [1.807, 2.05) is 6.07 Å². The predicted octanol–water partition coefficient (Wildman–Crippen LogP) is 1.44. The van der Waals surface area contributed by atoms with Crippen molar-refractivity contribution in [2.75, 3.05) is 19.0 Å². The minimum Gasteiger partial charge on any atom is -0.377 e. The maximum absolute atomic E-state index is 4.93. The molecule has 0 radical (unpaired) electrons. The summed E-state index contributed by atoms with van der Waals surface area (Å²) in [6, 6.07) is 1.86. The van der Waals surface area contributed by atoms with Crippen LogP contribution in [0.3, 0.4) is 0 Å². The van der Waals surface area contributed by atoms with Gasteiger partial charge < -0.3 is 10.1 Å². The molecule has 4 heteroatoms. The van der Waals surface area contributed by atoms with E-state index < -0.39 is 0 Å². The molecule has 0 aliphatic carbocycles. The summed E-state index contributed by atoms with van der Waals surface area (Å²) in [6.45, 7) is 3.51. The summed E-state index contributed by atoms with van der Waals surface area (Å²) in [5, 5.41) is 3.19. The third-order valence-corrected chi connectivity index (χ3v) is 1.54. The molecule has 1 rings (SSSR count). The molecule has 4 nitrogen and oxygen atoms in total. The van der Waals surface area contributed by atoms with E-state index in [9.17, 15) is 0 Å². The zero-order valence-corrected chi connectivity index (χ0v) is 8.08. The monoisotopic (exact) mass is 181 g/mol. The fraction of sp³-hybridized carbons (Fsp3) is 0.556. The summed E-state index contributed by atoms with van der Waals surface area (Å²) in [6.07, 6.45) is 2.82. The molecule has 13 heavy (non-hydrogen) atoms. The minimum absolute atomic E-state index is 0.460. The Morgan fingerprint density at radius 2 is 2.38 bits per heavy atom. The summed E-state index contributed by atoms with van der Waals surface area (Å²) in [4.78, 5) is 8.31. The van der Waals surface area contributed by atoms with Crippen LogP contribution in [0.15, 0.2) is 12.3 Å². The van der Waals surface area contributed by atoms with E-state index in [4.69, 9.17) is 4.74 Å². The van der Waals surface area contributed by atoms with Gasteiger partial charge in [0, 0.05) is 19.9 Å². The first kappa shape index (κ1) is 9.92. The molecule has 0 fully saturated rings. The molecule has 1 heterocycles. The molecule has 1 N–H and O–H groups in total. The molecular weight excluding hydrogens is 166 g/mol. The van der Waals surface area contributed by atoms with Crippen LogP contribution < -0.4 is 5.32 Å². The Morgan fingerprint density at radius 1 is 1.54 bits per heavy atom. The van der Waals surface area contributed by atoms with Gasteiger partial charge in [0.25, 0.3) is 0 Å². The number of ether oxygens (including phenoxy) is 1. The van der Waals surface area contributed by atoms with Crippen LogP contribution >= 0.6 is 0 Å². The first-order valence-corrected chi connectivity index (χ1v) is 4.41. The minimum atomic E-state index is 0.460. The Kier molecular flexibility index (Phi) is 4.18. The predicted molar refractivity (Wildman–Crippen MR) is 51.5 cm³/mol. The second-order valence-electron chi connectivity index (χ2n) is 2.72. The second-order valence-corrected chi connectivity index (χ2v) is 2.72. The lowest BCUT2D eigenvalue weighted by Crippen LogP contribution is -2.04. The van der Waals surface area contributed by atoms with Crippen LogP contribution in [0.4, 0.5) is 5.82 Å². The molecule has 0 bridgehead atoms. The smallest absolute Gasteiger partial charge is 0.156 e. The molecule has 0 saturated carbocycles. The highest BCUT2D eigenvalue weighted by atomic mass is 16.5. The van der Waals surface area contributed by atoms with E-state index in [0.29, 0.717) is 12.4 Å². The van der Waals surface area contributed by atoms with E-state index in [-0.39, 0.29) is 0 Å². The molecule has 0 atom stereocenters. The standard InChI is InChI=1S/C9H15N3O/c1-3-5-10-8-4-6-11-9(12-8)7-13-2/h4,6H,3,5,7H2,1-2H3,(H,10,11,12). The number of anilines is 1. The first-order chi connectivity index (χ1) is 6.36. The van der Waals surface area contributed by atoms with Crippen LogP contribution in [0.5, 0.6) is 0 Å². The van der Waals surface area contributed by atoms with Crippen LogP contribution in [-0.4, -0.2) is 23.6 Å². The molecule has 1 aromatic rings. The number of aromatic nitrogens is 2. The number of nitrogens with one attached hydrogen (secondary N) is 1. The van der Waals surface area contributed by atoms with Gasteiger partial charge in [-0.25, -0.2) is 9.97 Å². The Morgan fingerprint density at radius 3 is 3.08 bits per heavy atom. The van der Waals surface area contributed by atoms with Crippen molar-refractivity contribution in [2.24, 2.45) is 0 Å². The summed E-state index contributed by atoms with van der Waals surface area (Å²) >= 11 is 0. The third-order valence-electron chi connectivity index (χ3n) is 1.54. The summed E-state index contributed by atoms with van der Waals surface area (Å²) < 4.78 is 4.93. The maximum Gasteiger partial charge on any atom is 0.156 e. The fourth-order valence-corrected chi connectivity index (χ4v) is 0.949. The zero-order chi connectivity index (χ0) is 9.52. The molecule has 0 amide bonds. The highest BCUT2D eigenvalue weighted by Gasteiger charge is 1.96. The third kappa shape index (κ3) is 3.38. The Hall–Kier alpha value is -1.16. The van der Waals surface area contributed by atoms with E-state index in [1.54, 1.807) is 13.3 Å². The van der Waals surface area contributed by atoms with Crippen LogP contribution in [0, 0.1) is 0 Å². The molecular formula is C9H15N3O. The van der Waals surface area contributed by atoms with E-state index in [2.05, 4.69) is 22.2 Å². The van der Waals surface area contributed by atoms with Crippen molar-refractivity contribution in [3.63, 3.8) is 0 Å². The quantitative estimate of drug-likeness (QED) is 0.746. The van der Waals surface area contributed by atoms with Gasteiger partial charge >= 0.3 is 0 Å². The first-order valence-electron chi connectivity index (χ1n) is 4.41. The van der Waals surface area contributed by atoms with Crippen molar-refractivity contribution < 1.29 is 4.74 Å². The number of hydrogen-bond acceptors (Lipinski definition) is 4. The lowest BCUT2D eigenvalue weighted by Gasteiger charge is -2.04. The number of hydrogen-bond donors (Lipinski definition) is 1. The van der Waals surface area contributed by atoms with E-state index >= 15 is 0 Å². The molecule has 72 valence electrons. The van der Waals surface area contributed by atoms with E-state index in [0.717, 1.165) is 18.8 Å². The zero-order valence-electron chi connectivity index (χ0n) is 8.08. The average molecular weight is 181 g/mol. The number of nitrogens with zero attached hydrogens (tertiary/aromatic N) is 2. The summed E-state index contributed by atoms with van der Waals surface area (Å²) in [5.41, 5.74) is 0. The van der Waals surface area contributed by atoms with Gasteiger partial charge in [-0.2, -0.15) is 0 Å². The van der Waals surface area contributed by atoms with Gasteiger partial charge in [-0.1, -0.05) is 6.92 Å². The van der Waals surface area contributed by atoms with Crippen molar-refractivity contribution in [3.05, 3.63) is 18.1 Å². The fourth-order valence-electron chi connectivity index (χ4n) is 0.949. The molecule has 0 aromatic carbocycles. The van der Waals surface area contributed by atoms with Crippen molar-refractivity contribution in [1.82, 2.24) is 9.97 Å². The van der Waals surface area contributed by atoms with Gasteiger partial charge in [0.2, 0.25) is 0 Å². The molecule has 0 aliphatic heterocycles. The molecule has 1 aromatic heterocycles. The average Bonchev–Trinajstić information content (AvgIpc) is 2.16. The Labute approximate surface area is 78.4 Å². The van der Waals surface area contributed by atoms with Crippen LogP contribution in [-0.2, 0) is 11.3 Å². The SMILES string of the molecule is CCCNc1ccnc(COC)n1. The lowest BCUT2D eigenvalue weighted by molar-refractivity contribution is 0.178. The van der Waals surface area contributed by atoms with Gasteiger partial charge in [0.1, 0.15) is 12.4 Å². The van der Waals surface area contributed by atoms with Crippen molar-refractivity contribution in [3.8, 4) is 0 Å². The number of methoxy groups -OCH3 is 1. The lowest BCUT2D eigenvalue weighted by atomic mass is 10.4. The van der Waals surface area contributed by atoms with Crippen molar-refractivity contribution in [2.45, 2.75) is 20.0 Å². The highest BCUT2D eigenvalue weighted by molar-refractivity contribution is 5.32. The van der Waals surface area contributed by atoms with Gasteiger partial charge in [-0.15, -0.1) is 0 Å². The van der Waals surface area contributed by atoms with Crippen LogP contribution in [0.2, 0.25) is 0 Å². The van der Waals surface area contributed by atoms with Gasteiger partial charge in [-0.3, -0.25) is 0 Å². The van der Waals surface area contributed by atoms with Crippen LogP contribution in [0.25, 0.3) is 0 Å². The van der Waals surface area contributed by atoms with Crippen molar-refractivity contribution >= 4 is 5.82 Å². The molecule has 0 saturated heterocycles. The number of rotatable bonds is 5. The Balaban J connectivity index is 2.56. The van der Waals surface area contributed by atoms with Gasteiger partial charge in [0.05, 0.1) is 0 Å². The Bertz CT molecular complexity index is 252.